The maximum atomic E-state index is 12.6. The van der Waals surface area contributed by atoms with Crippen molar-refractivity contribution in [2.24, 2.45) is 0 Å². The van der Waals surface area contributed by atoms with Crippen LogP contribution in [0.3, 0.4) is 0 Å². The van der Waals surface area contributed by atoms with Gasteiger partial charge in [0.15, 0.2) is 6.10 Å². The van der Waals surface area contributed by atoms with Gasteiger partial charge in [0.1, 0.15) is 11.3 Å². The maximum Gasteiger partial charge on any atom is 0.311 e. The van der Waals surface area contributed by atoms with Gasteiger partial charge in [-0.25, -0.2) is 0 Å². The van der Waals surface area contributed by atoms with Gasteiger partial charge in [0, 0.05) is 22.7 Å². The normalized spacial score (nSPS) is 12.9. The van der Waals surface area contributed by atoms with E-state index in [2.05, 4.69) is 19.2 Å². The van der Waals surface area contributed by atoms with Gasteiger partial charge in [0.25, 0.3) is 5.91 Å². The summed E-state index contributed by atoms with van der Waals surface area (Å²) in [6.45, 7) is 5.78. The minimum atomic E-state index is -0.916. The van der Waals surface area contributed by atoms with Gasteiger partial charge < -0.3 is 19.2 Å². The van der Waals surface area contributed by atoms with Gasteiger partial charge >= 0.3 is 5.97 Å². The Morgan fingerprint density at radius 3 is 2.63 bits per heavy atom. The summed E-state index contributed by atoms with van der Waals surface area (Å²) in [7, 11) is 1.58. The van der Waals surface area contributed by atoms with Crippen molar-refractivity contribution in [1.29, 1.82) is 0 Å². The Labute approximate surface area is 176 Å². The van der Waals surface area contributed by atoms with E-state index in [1.165, 1.54) is 6.26 Å². The summed E-state index contributed by atoms with van der Waals surface area (Å²) in [4.78, 5) is 25.0. The lowest BCUT2D eigenvalue weighted by Crippen LogP contribution is -2.30. The standard InChI is InChI=1S/C24H27NO5/c1-5-15(2)19-8-6-7-9-21(19)25-24(27)16(3)30-23(26)12-17-14-29-22-13-18(28-4)10-11-20(17)22/h6-11,13-16H,5,12H2,1-4H3,(H,25,27)/t15-,16-/m0/s1. The third-order valence-electron chi connectivity index (χ3n) is 5.24. The summed E-state index contributed by atoms with van der Waals surface area (Å²) >= 11 is 0. The zero-order valence-corrected chi connectivity index (χ0v) is 17.7. The molecule has 0 unspecified atom stereocenters. The van der Waals surface area contributed by atoms with Crippen LogP contribution in [-0.2, 0) is 20.7 Å². The first-order valence-electron chi connectivity index (χ1n) is 10.1. The molecule has 0 bridgehead atoms. The van der Waals surface area contributed by atoms with Crippen LogP contribution in [0.15, 0.2) is 53.1 Å². The third-order valence-corrected chi connectivity index (χ3v) is 5.24. The number of amides is 1. The number of carbonyl (C=O) groups excluding carboxylic acids is 2. The van der Waals surface area contributed by atoms with Gasteiger partial charge in [-0.3, -0.25) is 9.59 Å². The van der Waals surface area contributed by atoms with Crippen molar-refractivity contribution >= 4 is 28.5 Å². The lowest BCUT2D eigenvalue weighted by atomic mass is 9.97. The van der Waals surface area contributed by atoms with E-state index in [-0.39, 0.29) is 12.3 Å². The monoisotopic (exact) mass is 409 g/mol. The van der Waals surface area contributed by atoms with Crippen molar-refractivity contribution in [3.63, 3.8) is 0 Å². The number of benzene rings is 2. The number of rotatable bonds is 8. The summed E-state index contributed by atoms with van der Waals surface area (Å²) in [5.41, 5.74) is 3.14. The van der Waals surface area contributed by atoms with E-state index in [1.807, 2.05) is 30.3 Å². The highest BCUT2D eigenvalue weighted by Gasteiger charge is 2.21. The minimum Gasteiger partial charge on any atom is -0.497 e. The fraction of sp³-hybridized carbons (Fsp3) is 0.333. The number of para-hydroxylation sites is 1. The van der Waals surface area contributed by atoms with Gasteiger partial charge in [-0.2, -0.15) is 0 Å². The number of ether oxygens (including phenoxy) is 2. The molecule has 1 N–H and O–H groups in total. The van der Waals surface area contributed by atoms with E-state index >= 15 is 0 Å². The number of hydrogen-bond donors (Lipinski definition) is 1. The Balaban J connectivity index is 1.63. The Morgan fingerprint density at radius 2 is 1.90 bits per heavy atom. The van der Waals surface area contributed by atoms with Crippen LogP contribution in [0.5, 0.6) is 5.75 Å². The first-order valence-corrected chi connectivity index (χ1v) is 10.1. The Hall–Kier alpha value is -3.28. The maximum absolute atomic E-state index is 12.6. The fourth-order valence-electron chi connectivity index (χ4n) is 3.27. The molecule has 0 aliphatic heterocycles. The van der Waals surface area contributed by atoms with Crippen molar-refractivity contribution in [1.82, 2.24) is 0 Å². The quantitative estimate of drug-likeness (QED) is 0.526. The lowest BCUT2D eigenvalue weighted by Gasteiger charge is -2.18. The van der Waals surface area contributed by atoms with Crippen LogP contribution in [0.4, 0.5) is 5.69 Å². The number of carbonyl (C=O) groups is 2. The Kier molecular flexibility index (Phi) is 6.77. The van der Waals surface area contributed by atoms with E-state index in [9.17, 15) is 9.59 Å². The molecule has 6 nitrogen and oxygen atoms in total. The van der Waals surface area contributed by atoms with E-state index in [0.29, 0.717) is 22.8 Å². The summed E-state index contributed by atoms with van der Waals surface area (Å²) in [6, 6.07) is 13.1. The van der Waals surface area contributed by atoms with E-state index < -0.39 is 12.1 Å². The first-order chi connectivity index (χ1) is 14.4. The van der Waals surface area contributed by atoms with Crippen molar-refractivity contribution in [3.8, 4) is 5.75 Å². The fourth-order valence-corrected chi connectivity index (χ4v) is 3.27. The molecule has 3 rings (SSSR count). The van der Waals surface area contributed by atoms with Crippen molar-refractivity contribution in [2.75, 3.05) is 12.4 Å². The number of nitrogens with one attached hydrogen (secondary N) is 1. The molecule has 1 heterocycles. The Bertz CT molecular complexity index is 1040. The van der Waals surface area contributed by atoms with Crippen LogP contribution in [0.1, 0.15) is 44.2 Å². The van der Waals surface area contributed by atoms with Crippen LogP contribution in [0.2, 0.25) is 0 Å². The number of methoxy groups -OCH3 is 1. The second-order valence-electron chi connectivity index (χ2n) is 7.32. The van der Waals surface area contributed by atoms with Crippen LogP contribution in [-0.4, -0.2) is 25.1 Å². The van der Waals surface area contributed by atoms with Crippen molar-refractivity contribution < 1.29 is 23.5 Å². The molecule has 0 radical (unpaired) electrons. The van der Waals surface area contributed by atoms with E-state index in [4.69, 9.17) is 13.9 Å². The number of fused-ring (bicyclic) bond motifs is 1. The van der Waals surface area contributed by atoms with Crippen molar-refractivity contribution in [2.45, 2.75) is 45.6 Å². The second-order valence-corrected chi connectivity index (χ2v) is 7.32. The van der Waals surface area contributed by atoms with Crippen LogP contribution < -0.4 is 10.1 Å². The molecule has 158 valence electrons. The van der Waals surface area contributed by atoms with Crippen LogP contribution >= 0.6 is 0 Å². The summed E-state index contributed by atoms with van der Waals surface area (Å²) < 4.78 is 16.0. The molecule has 3 aromatic rings. The highest BCUT2D eigenvalue weighted by atomic mass is 16.5. The molecule has 0 spiro atoms. The Morgan fingerprint density at radius 1 is 1.13 bits per heavy atom. The van der Waals surface area contributed by atoms with Gasteiger partial charge in [-0.15, -0.1) is 0 Å². The summed E-state index contributed by atoms with van der Waals surface area (Å²) in [5.74, 6) is 0.133. The van der Waals surface area contributed by atoms with Crippen LogP contribution in [0.25, 0.3) is 11.0 Å². The number of hydrogen-bond acceptors (Lipinski definition) is 5. The molecule has 1 aromatic heterocycles. The molecular formula is C24H27NO5. The first kappa shape index (κ1) is 21.4. The second kappa shape index (κ2) is 9.48. The highest BCUT2D eigenvalue weighted by Crippen LogP contribution is 2.27. The number of anilines is 1. The minimum absolute atomic E-state index is 0.0143. The highest BCUT2D eigenvalue weighted by molar-refractivity contribution is 5.96. The van der Waals surface area contributed by atoms with E-state index in [1.54, 1.807) is 26.2 Å². The smallest absolute Gasteiger partial charge is 0.311 e. The molecule has 0 aliphatic carbocycles. The average Bonchev–Trinajstić information content (AvgIpc) is 3.15. The predicted molar refractivity (Wildman–Crippen MR) is 116 cm³/mol. The van der Waals surface area contributed by atoms with Gasteiger partial charge in [0.2, 0.25) is 0 Å². The number of esters is 1. The molecule has 0 saturated carbocycles. The molecule has 2 atom stereocenters. The summed E-state index contributed by atoms with van der Waals surface area (Å²) in [6.07, 6.45) is 1.58. The average molecular weight is 409 g/mol. The topological polar surface area (TPSA) is 77.8 Å². The van der Waals surface area contributed by atoms with E-state index in [0.717, 1.165) is 23.1 Å². The molecule has 6 heteroatoms. The molecule has 30 heavy (non-hydrogen) atoms. The van der Waals surface area contributed by atoms with Gasteiger partial charge in [0.05, 0.1) is 19.8 Å². The molecule has 1 amide bonds. The lowest BCUT2D eigenvalue weighted by molar-refractivity contribution is -0.152. The zero-order valence-electron chi connectivity index (χ0n) is 17.7. The summed E-state index contributed by atoms with van der Waals surface area (Å²) in [5, 5.41) is 3.70. The molecule has 0 aliphatic rings. The zero-order chi connectivity index (χ0) is 21.7. The molecular weight excluding hydrogens is 382 g/mol. The predicted octanol–water partition coefficient (Wildman–Crippen LogP) is 5.07. The van der Waals surface area contributed by atoms with Crippen LogP contribution in [0, 0.1) is 0 Å². The largest absolute Gasteiger partial charge is 0.497 e. The molecule has 0 saturated heterocycles. The van der Waals surface area contributed by atoms with Gasteiger partial charge in [-0.05, 0) is 43.0 Å². The SMILES string of the molecule is CC[C@H](C)c1ccccc1NC(=O)[C@H](C)OC(=O)Cc1coc2cc(OC)ccc12. The van der Waals surface area contributed by atoms with Crippen molar-refractivity contribution in [3.05, 3.63) is 59.9 Å². The molecule has 2 aromatic carbocycles. The third kappa shape index (κ3) is 4.82. The molecule has 0 fully saturated rings. The van der Waals surface area contributed by atoms with Gasteiger partial charge in [-0.1, -0.05) is 32.0 Å². The number of furan rings is 1.